The van der Waals surface area contributed by atoms with Crippen molar-refractivity contribution in [3.63, 3.8) is 0 Å². The zero-order chi connectivity index (χ0) is 57.6. The molecule has 9 aromatic rings. The van der Waals surface area contributed by atoms with Crippen LogP contribution in [0.1, 0.15) is 110 Å². The highest BCUT2D eigenvalue weighted by Gasteiger charge is 2.20. The van der Waals surface area contributed by atoms with Crippen molar-refractivity contribution in [2.75, 3.05) is 13.2 Å². The summed E-state index contributed by atoms with van der Waals surface area (Å²) in [7, 11) is 0. The molecule has 2 amide bonds. The minimum absolute atomic E-state index is 0.207. The monoisotopic (exact) mass is 1080 g/mol. The van der Waals surface area contributed by atoms with Gasteiger partial charge in [-0.2, -0.15) is 0 Å². The summed E-state index contributed by atoms with van der Waals surface area (Å²) < 4.78 is 26.6. The average Bonchev–Trinajstić information content (AvgIpc) is 4.23. The fourth-order valence-electron chi connectivity index (χ4n) is 7.74. The highest BCUT2D eigenvalue weighted by atomic mass is 16.5. The van der Waals surface area contributed by atoms with Gasteiger partial charge in [0.15, 0.2) is 0 Å². The molecule has 410 valence electrons. The number of esters is 2. The minimum atomic E-state index is -0.975. The van der Waals surface area contributed by atoms with Crippen LogP contribution in [0.3, 0.4) is 0 Å². The lowest BCUT2D eigenvalue weighted by molar-refractivity contribution is 0.0516. The van der Waals surface area contributed by atoms with Gasteiger partial charge in [-0.15, -0.1) is 0 Å². The van der Waals surface area contributed by atoms with Gasteiger partial charge in [0.05, 0.1) is 41.0 Å². The Bertz CT molecular complexity index is 3470. The number of carbonyl (C=O) groups is 6. The highest BCUT2D eigenvalue weighted by molar-refractivity contribution is 6.01. The van der Waals surface area contributed by atoms with E-state index in [9.17, 15) is 28.8 Å². The molecular weight excluding hydrogens is 1020 g/mol. The Morgan fingerprint density at radius 1 is 0.425 bits per heavy atom. The van der Waals surface area contributed by atoms with Crippen LogP contribution in [0.4, 0.5) is 0 Å². The van der Waals surface area contributed by atoms with E-state index >= 15 is 0 Å². The molecule has 0 fully saturated rings. The van der Waals surface area contributed by atoms with Crippen LogP contribution in [-0.4, -0.2) is 59.1 Å². The van der Waals surface area contributed by atoms with Crippen molar-refractivity contribution < 1.29 is 61.7 Å². The normalized spacial score (nSPS) is 10.3. The third-order valence-corrected chi connectivity index (χ3v) is 11.7. The van der Waals surface area contributed by atoms with Gasteiger partial charge in [0.1, 0.15) is 40.1 Å². The van der Waals surface area contributed by atoms with Gasteiger partial charge in [-0.25, -0.2) is 19.2 Å². The second-order valence-corrected chi connectivity index (χ2v) is 17.6. The number of aryl methyl sites for hydroxylation is 3. The summed E-state index contributed by atoms with van der Waals surface area (Å²) in [4.78, 5) is 69.9. The molecule has 0 aliphatic rings. The van der Waals surface area contributed by atoms with E-state index in [4.69, 9.17) is 38.7 Å². The summed E-state index contributed by atoms with van der Waals surface area (Å²) in [6.45, 7) is 10.8. The van der Waals surface area contributed by atoms with Gasteiger partial charge < -0.3 is 49.3 Å². The first-order valence-electron chi connectivity index (χ1n) is 25.4. The van der Waals surface area contributed by atoms with Crippen LogP contribution in [0.25, 0.3) is 34.0 Å². The Morgan fingerprint density at radius 2 is 0.738 bits per heavy atom. The number of carboxylic acids is 2. The predicted octanol–water partition coefficient (Wildman–Crippen LogP) is 12.5. The Morgan fingerprint density at radius 3 is 1.05 bits per heavy atom. The summed E-state index contributed by atoms with van der Waals surface area (Å²) in [6.07, 6.45) is 0. The maximum absolute atomic E-state index is 12.6. The van der Waals surface area contributed by atoms with Crippen LogP contribution in [0.2, 0.25) is 0 Å². The zero-order valence-corrected chi connectivity index (χ0v) is 44.8. The second kappa shape index (κ2) is 29.5. The van der Waals surface area contributed by atoms with E-state index in [0.717, 1.165) is 33.4 Å². The van der Waals surface area contributed by atoms with Crippen LogP contribution in [0.5, 0.6) is 0 Å². The lowest BCUT2D eigenvalue weighted by atomic mass is 10.1. The molecule has 3 aromatic heterocycles. The maximum atomic E-state index is 12.6. The third kappa shape index (κ3) is 17.0. The zero-order valence-electron chi connectivity index (χ0n) is 44.8. The first-order chi connectivity index (χ1) is 38.6. The van der Waals surface area contributed by atoms with Gasteiger partial charge in [-0.1, -0.05) is 127 Å². The first kappa shape index (κ1) is 59.2. The van der Waals surface area contributed by atoms with Crippen molar-refractivity contribution in [2.24, 2.45) is 5.73 Å². The summed E-state index contributed by atoms with van der Waals surface area (Å²) in [5.41, 5.74) is 13.1. The number of amides is 2. The number of aromatic carboxylic acids is 2. The van der Waals surface area contributed by atoms with Crippen molar-refractivity contribution in [3.05, 3.63) is 249 Å². The number of rotatable bonds is 16. The number of nitrogens with two attached hydrogens (primary N) is 1. The molecule has 0 saturated carbocycles. The largest absolute Gasteiger partial charge is 0.478 e. The van der Waals surface area contributed by atoms with Gasteiger partial charge in [-0.05, 0) is 106 Å². The van der Waals surface area contributed by atoms with Gasteiger partial charge in [0.2, 0.25) is 0 Å². The SMILES string of the molecule is CCOC(=O)c1ccc(CN)cc1.CCOC(=O)c1ccc(CNC(=O)c2cc(C)oc2-c2ccccc2)cc1.Cc1cc(C(=O)NCc2ccc(C(=O)O)cc2)c(-c2ccccc2)o1.Cc1cc(C(=O)O)c(-c2ccccc2)o1. The van der Waals surface area contributed by atoms with E-state index in [1.807, 2.05) is 110 Å². The molecule has 0 unspecified atom stereocenters. The number of hydrogen-bond acceptors (Lipinski definition) is 12. The molecule has 9 rings (SSSR count). The molecular formula is C64H61N3O13. The van der Waals surface area contributed by atoms with E-state index in [2.05, 4.69) is 10.6 Å². The fraction of sp³-hybridized carbons (Fsp3) is 0.156. The number of nitrogens with one attached hydrogen (secondary N) is 2. The highest BCUT2D eigenvalue weighted by Crippen LogP contribution is 2.29. The molecule has 0 aliphatic heterocycles. The Kier molecular flexibility index (Phi) is 21.8. The molecule has 16 heteroatoms. The molecule has 0 aliphatic carbocycles. The van der Waals surface area contributed by atoms with Crippen LogP contribution >= 0.6 is 0 Å². The molecule has 0 bridgehead atoms. The quantitative estimate of drug-likeness (QED) is 0.0565. The number of benzene rings is 6. The van der Waals surface area contributed by atoms with Gasteiger partial charge >= 0.3 is 23.9 Å². The molecule has 0 spiro atoms. The molecule has 0 atom stereocenters. The van der Waals surface area contributed by atoms with E-state index in [1.165, 1.54) is 18.2 Å². The molecule has 6 aromatic carbocycles. The number of carboxylic acid groups (broad SMARTS) is 2. The lowest BCUT2D eigenvalue weighted by Gasteiger charge is -2.07. The Hall–Kier alpha value is -10.1. The molecule has 0 saturated heterocycles. The standard InChI is InChI=1S/C22H21NO4.C20H17NO4.C12H10O3.C10H13NO2/c1-3-26-22(25)18-11-9-16(10-12-18)14-23-21(24)19-13-15(2)27-20(19)17-7-5-4-6-8-17;1-13-11-17(18(25-13)15-5-3-2-4-6-15)19(22)21-12-14-7-9-16(10-8-14)20(23)24;1-8-7-10(12(13)14)11(15-8)9-5-3-2-4-6-9;1-2-13-10(12)9-5-3-8(7-11)4-6-9/h4-13H,3,14H2,1-2H3,(H,23,24);2-11H,12H2,1H3,(H,21,22)(H,23,24);2-7H,1H3,(H,13,14);3-6H,2,7,11H2,1H3. The predicted molar refractivity (Wildman–Crippen MR) is 302 cm³/mol. The second-order valence-electron chi connectivity index (χ2n) is 17.6. The van der Waals surface area contributed by atoms with Gasteiger partial charge in [0.25, 0.3) is 11.8 Å². The van der Waals surface area contributed by atoms with Crippen molar-refractivity contribution in [3.8, 4) is 34.0 Å². The summed E-state index contributed by atoms with van der Waals surface area (Å²) in [6, 6.07) is 53.7. The molecule has 0 radical (unpaired) electrons. The number of carbonyl (C=O) groups excluding carboxylic acids is 4. The molecule has 16 nitrogen and oxygen atoms in total. The summed E-state index contributed by atoms with van der Waals surface area (Å²) in [5, 5.41) is 23.6. The first-order valence-corrected chi connectivity index (χ1v) is 25.4. The van der Waals surface area contributed by atoms with Crippen molar-refractivity contribution in [2.45, 2.75) is 54.3 Å². The van der Waals surface area contributed by atoms with Crippen LogP contribution in [0, 0.1) is 20.8 Å². The molecule has 6 N–H and O–H groups in total. The van der Waals surface area contributed by atoms with Gasteiger partial charge in [-0.3, -0.25) is 9.59 Å². The number of hydrogen-bond donors (Lipinski definition) is 5. The van der Waals surface area contributed by atoms with E-state index in [-0.39, 0.29) is 34.9 Å². The summed E-state index contributed by atoms with van der Waals surface area (Å²) >= 11 is 0. The lowest BCUT2D eigenvalue weighted by Crippen LogP contribution is -2.22. The van der Waals surface area contributed by atoms with E-state index in [0.29, 0.717) is 89.7 Å². The third-order valence-electron chi connectivity index (χ3n) is 11.7. The summed E-state index contributed by atoms with van der Waals surface area (Å²) in [5.74, 6) is 0.431. The van der Waals surface area contributed by atoms with Crippen molar-refractivity contribution >= 4 is 35.7 Å². The van der Waals surface area contributed by atoms with Crippen LogP contribution in [-0.2, 0) is 29.1 Å². The smallest absolute Gasteiger partial charge is 0.339 e. The van der Waals surface area contributed by atoms with Crippen molar-refractivity contribution in [1.82, 2.24) is 10.6 Å². The maximum Gasteiger partial charge on any atom is 0.339 e. The van der Waals surface area contributed by atoms with Gasteiger partial charge in [0, 0.05) is 36.3 Å². The minimum Gasteiger partial charge on any atom is -0.478 e. The van der Waals surface area contributed by atoms with Crippen LogP contribution in [0.15, 0.2) is 195 Å². The van der Waals surface area contributed by atoms with Crippen LogP contribution < -0.4 is 16.4 Å². The van der Waals surface area contributed by atoms with E-state index < -0.39 is 11.9 Å². The molecule has 3 heterocycles. The Labute approximate surface area is 462 Å². The van der Waals surface area contributed by atoms with Crippen molar-refractivity contribution in [1.29, 1.82) is 0 Å². The molecule has 80 heavy (non-hydrogen) atoms. The Balaban J connectivity index is 0.000000180. The number of furan rings is 3. The number of ether oxygens (including phenoxy) is 2. The topological polar surface area (TPSA) is 251 Å². The fourth-order valence-corrected chi connectivity index (χ4v) is 7.74. The average molecular weight is 1080 g/mol. The van der Waals surface area contributed by atoms with E-state index in [1.54, 1.807) is 88.4 Å².